The van der Waals surface area contributed by atoms with Crippen LogP contribution in [0, 0.1) is 5.92 Å². The summed E-state index contributed by atoms with van der Waals surface area (Å²) < 4.78 is 0. The second kappa shape index (κ2) is 3.76. The third-order valence-corrected chi connectivity index (χ3v) is 2.15. The SMILES string of the molecule is CC(CO)CN1CCN(C)C1=O. The van der Waals surface area contributed by atoms with Gasteiger partial charge in [-0.15, -0.1) is 0 Å². The van der Waals surface area contributed by atoms with Crippen LogP contribution in [-0.2, 0) is 0 Å². The Bertz CT molecular complexity index is 172. The molecule has 0 aromatic heterocycles. The van der Waals surface area contributed by atoms with Gasteiger partial charge in [-0.3, -0.25) is 0 Å². The van der Waals surface area contributed by atoms with E-state index in [1.807, 2.05) is 6.92 Å². The normalized spacial score (nSPS) is 20.4. The van der Waals surface area contributed by atoms with Gasteiger partial charge in [-0.2, -0.15) is 0 Å². The second-order valence-electron chi connectivity index (χ2n) is 3.44. The minimum absolute atomic E-state index is 0.0790. The minimum atomic E-state index is 0.0790. The average molecular weight is 172 g/mol. The van der Waals surface area contributed by atoms with Crippen molar-refractivity contribution >= 4 is 6.03 Å². The van der Waals surface area contributed by atoms with Crippen LogP contribution in [0.3, 0.4) is 0 Å². The molecule has 1 unspecified atom stereocenters. The first kappa shape index (κ1) is 9.32. The van der Waals surface area contributed by atoms with Crippen LogP contribution in [0.1, 0.15) is 6.92 Å². The van der Waals surface area contributed by atoms with Crippen molar-refractivity contribution in [2.75, 3.05) is 33.3 Å². The van der Waals surface area contributed by atoms with Crippen molar-refractivity contribution in [2.45, 2.75) is 6.92 Å². The van der Waals surface area contributed by atoms with Crippen molar-refractivity contribution in [1.82, 2.24) is 9.80 Å². The Morgan fingerprint density at radius 2 is 2.25 bits per heavy atom. The molecule has 0 spiro atoms. The Morgan fingerprint density at radius 1 is 1.58 bits per heavy atom. The van der Waals surface area contributed by atoms with Crippen LogP contribution in [0.2, 0.25) is 0 Å². The highest BCUT2D eigenvalue weighted by Crippen LogP contribution is 2.08. The zero-order valence-electron chi connectivity index (χ0n) is 7.66. The lowest BCUT2D eigenvalue weighted by atomic mass is 10.2. The molecule has 0 aliphatic carbocycles. The van der Waals surface area contributed by atoms with E-state index in [4.69, 9.17) is 5.11 Å². The molecule has 0 aromatic carbocycles. The van der Waals surface area contributed by atoms with Gasteiger partial charge in [0.15, 0.2) is 0 Å². The van der Waals surface area contributed by atoms with Crippen molar-refractivity contribution in [2.24, 2.45) is 5.92 Å². The van der Waals surface area contributed by atoms with Gasteiger partial charge in [-0.1, -0.05) is 6.92 Å². The molecule has 1 fully saturated rings. The molecular formula is C8H16N2O2. The highest BCUT2D eigenvalue weighted by Gasteiger charge is 2.25. The number of urea groups is 1. The summed E-state index contributed by atoms with van der Waals surface area (Å²) in [4.78, 5) is 14.8. The van der Waals surface area contributed by atoms with E-state index in [0.717, 1.165) is 13.1 Å². The van der Waals surface area contributed by atoms with E-state index in [0.29, 0.717) is 6.54 Å². The maximum absolute atomic E-state index is 11.3. The van der Waals surface area contributed by atoms with Crippen molar-refractivity contribution < 1.29 is 9.90 Å². The Hall–Kier alpha value is -0.770. The Labute approximate surface area is 72.8 Å². The summed E-state index contributed by atoms with van der Waals surface area (Å²) >= 11 is 0. The molecule has 1 atom stereocenters. The van der Waals surface area contributed by atoms with Crippen LogP contribution >= 0.6 is 0 Å². The van der Waals surface area contributed by atoms with E-state index in [1.165, 1.54) is 0 Å². The van der Waals surface area contributed by atoms with Crippen LogP contribution in [0.5, 0.6) is 0 Å². The largest absolute Gasteiger partial charge is 0.396 e. The third-order valence-electron chi connectivity index (χ3n) is 2.15. The van der Waals surface area contributed by atoms with E-state index in [2.05, 4.69) is 0 Å². The van der Waals surface area contributed by atoms with E-state index < -0.39 is 0 Å². The number of aliphatic hydroxyl groups is 1. The predicted octanol–water partition coefficient (Wildman–Crippen LogP) is -0.0178. The summed E-state index contributed by atoms with van der Waals surface area (Å²) in [5.74, 6) is 0.181. The minimum Gasteiger partial charge on any atom is -0.396 e. The predicted molar refractivity (Wildman–Crippen MR) is 45.8 cm³/mol. The molecule has 70 valence electrons. The molecule has 4 heteroatoms. The summed E-state index contributed by atoms with van der Waals surface area (Å²) in [6.07, 6.45) is 0. The van der Waals surface area contributed by atoms with Gasteiger partial charge in [0.05, 0.1) is 0 Å². The lowest BCUT2D eigenvalue weighted by Gasteiger charge is -2.18. The molecule has 2 amide bonds. The van der Waals surface area contributed by atoms with Crippen molar-refractivity contribution in [3.63, 3.8) is 0 Å². The fourth-order valence-electron chi connectivity index (χ4n) is 1.31. The fraction of sp³-hybridized carbons (Fsp3) is 0.875. The Kier molecular flexibility index (Phi) is 2.92. The summed E-state index contributed by atoms with van der Waals surface area (Å²) in [7, 11) is 1.80. The van der Waals surface area contributed by atoms with Gasteiger partial charge in [-0.25, -0.2) is 4.79 Å². The summed E-state index contributed by atoms with van der Waals surface area (Å²) in [5.41, 5.74) is 0. The quantitative estimate of drug-likeness (QED) is 0.650. The molecule has 1 aliphatic heterocycles. The Balaban J connectivity index is 2.39. The van der Waals surface area contributed by atoms with Gasteiger partial charge in [0, 0.05) is 33.3 Å². The molecular weight excluding hydrogens is 156 g/mol. The van der Waals surface area contributed by atoms with Gasteiger partial charge < -0.3 is 14.9 Å². The first-order valence-electron chi connectivity index (χ1n) is 4.26. The highest BCUT2D eigenvalue weighted by molar-refractivity contribution is 5.76. The number of hydrogen-bond acceptors (Lipinski definition) is 2. The number of carbonyl (C=O) groups is 1. The molecule has 12 heavy (non-hydrogen) atoms. The molecule has 1 aliphatic rings. The first-order chi connectivity index (χ1) is 5.65. The molecule has 1 heterocycles. The standard InChI is InChI=1S/C8H16N2O2/c1-7(6-11)5-10-4-3-9(2)8(10)12/h7,11H,3-6H2,1-2H3. The van der Waals surface area contributed by atoms with Crippen molar-refractivity contribution in [3.8, 4) is 0 Å². The second-order valence-corrected chi connectivity index (χ2v) is 3.44. The number of rotatable bonds is 3. The van der Waals surface area contributed by atoms with E-state index >= 15 is 0 Å². The zero-order chi connectivity index (χ0) is 9.14. The molecule has 4 nitrogen and oxygen atoms in total. The molecule has 0 aromatic rings. The van der Waals surface area contributed by atoms with Crippen LogP contribution in [0.4, 0.5) is 4.79 Å². The third kappa shape index (κ3) is 1.88. The zero-order valence-corrected chi connectivity index (χ0v) is 7.66. The van der Waals surface area contributed by atoms with E-state index in [1.54, 1.807) is 16.8 Å². The molecule has 0 saturated carbocycles. The maximum Gasteiger partial charge on any atom is 0.319 e. The van der Waals surface area contributed by atoms with Crippen LogP contribution in [0.25, 0.3) is 0 Å². The lowest BCUT2D eigenvalue weighted by Crippen LogP contribution is -2.33. The number of likely N-dealkylation sites (N-methyl/N-ethyl adjacent to an activating group) is 1. The Morgan fingerprint density at radius 3 is 2.67 bits per heavy atom. The van der Waals surface area contributed by atoms with Crippen molar-refractivity contribution in [3.05, 3.63) is 0 Å². The van der Waals surface area contributed by atoms with E-state index in [-0.39, 0.29) is 18.6 Å². The molecule has 1 saturated heterocycles. The van der Waals surface area contributed by atoms with Gasteiger partial charge in [0.25, 0.3) is 0 Å². The summed E-state index contributed by atoms with van der Waals surface area (Å²) in [6.45, 7) is 4.34. The first-order valence-corrected chi connectivity index (χ1v) is 4.26. The monoisotopic (exact) mass is 172 g/mol. The summed E-state index contributed by atoms with van der Waals surface area (Å²) in [5, 5.41) is 8.80. The molecule has 0 bridgehead atoms. The number of aliphatic hydroxyl groups excluding tert-OH is 1. The van der Waals surface area contributed by atoms with Gasteiger partial charge in [-0.05, 0) is 5.92 Å². The number of amides is 2. The highest BCUT2D eigenvalue weighted by atomic mass is 16.3. The maximum atomic E-state index is 11.3. The lowest BCUT2D eigenvalue weighted by molar-refractivity contribution is 0.174. The van der Waals surface area contributed by atoms with Gasteiger partial charge >= 0.3 is 6.03 Å². The summed E-state index contributed by atoms with van der Waals surface area (Å²) in [6, 6.07) is 0.0790. The fourth-order valence-corrected chi connectivity index (χ4v) is 1.31. The van der Waals surface area contributed by atoms with Gasteiger partial charge in [0.1, 0.15) is 0 Å². The number of hydrogen-bond donors (Lipinski definition) is 1. The molecule has 1 rings (SSSR count). The van der Waals surface area contributed by atoms with Crippen LogP contribution in [-0.4, -0.2) is 54.2 Å². The van der Waals surface area contributed by atoms with Crippen molar-refractivity contribution in [1.29, 1.82) is 0 Å². The number of carbonyl (C=O) groups excluding carboxylic acids is 1. The number of nitrogens with zero attached hydrogens (tertiary/aromatic N) is 2. The van der Waals surface area contributed by atoms with Gasteiger partial charge in [0.2, 0.25) is 0 Å². The van der Waals surface area contributed by atoms with Crippen LogP contribution < -0.4 is 0 Å². The van der Waals surface area contributed by atoms with E-state index in [9.17, 15) is 4.79 Å². The van der Waals surface area contributed by atoms with Crippen LogP contribution in [0.15, 0.2) is 0 Å². The molecule has 0 radical (unpaired) electrons. The average Bonchev–Trinajstić information content (AvgIpc) is 2.36. The smallest absolute Gasteiger partial charge is 0.319 e. The molecule has 1 N–H and O–H groups in total. The topological polar surface area (TPSA) is 43.8 Å².